The van der Waals surface area contributed by atoms with Crippen LogP contribution in [0.4, 0.5) is 5.69 Å². The first-order chi connectivity index (χ1) is 9.95. The molecule has 0 aliphatic rings. The lowest BCUT2D eigenvalue weighted by Crippen LogP contribution is -2.41. The Kier molecular flexibility index (Phi) is 4.32. The number of hydrogen-bond acceptors (Lipinski definition) is 3. The molecule has 2 rings (SSSR count). The molecule has 21 heavy (non-hydrogen) atoms. The molecule has 0 radical (unpaired) electrons. The second-order valence-corrected chi connectivity index (χ2v) is 5.48. The van der Waals surface area contributed by atoms with E-state index >= 15 is 0 Å². The van der Waals surface area contributed by atoms with Crippen molar-refractivity contribution >= 4 is 11.7 Å². The van der Waals surface area contributed by atoms with Crippen molar-refractivity contribution in [3.05, 3.63) is 65.2 Å². The largest absolute Gasteiger partial charge is 0.467 e. The molecule has 2 aromatic rings. The summed E-state index contributed by atoms with van der Waals surface area (Å²) >= 11 is 0. The molecule has 3 heteroatoms. The summed E-state index contributed by atoms with van der Waals surface area (Å²) in [7, 11) is 1.41. The predicted molar refractivity (Wildman–Crippen MR) is 85.3 cm³/mol. The molecule has 3 nitrogen and oxygen atoms in total. The van der Waals surface area contributed by atoms with Gasteiger partial charge >= 0.3 is 5.97 Å². The number of esters is 1. The lowest BCUT2D eigenvalue weighted by atomic mass is 9.91. The van der Waals surface area contributed by atoms with Gasteiger partial charge in [0.15, 0.2) is 5.54 Å². The molecule has 0 aromatic heterocycles. The minimum Gasteiger partial charge on any atom is -0.467 e. The number of ether oxygens (including phenoxy) is 1. The highest BCUT2D eigenvalue weighted by atomic mass is 16.5. The first kappa shape index (κ1) is 15.1. The second-order valence-electron chi connectivity index (χ2n) is 5.48. The molecule has 0 aliphatic carbocycles. The molecule has 110 valence electrons. The molecule has 0 spiro atoms. The van der Waals surface area contributed by atoms with E-state index < -0.39 is 5.54 Å². The molecule has 0 saturated carbocycles. The minimum absolute atomic E-state index is 0.312. The molecular weight excluding hydrogens is 262 g/mol. The third-order valence-corrected chi connectivity index (χ3v) is 3.63. The Morgan fingerprint density at radius 3 is 2.29 bits per heavy atom. The minimum atomic E-state index is -0.920. The number of rotatable bonds is 4. The summed E-state index contributed by atoms with van der Waals surface area (Å²) in [5.74, 6) is -0.312. The summed E-state index contributed by atoms with van der Waals surface area (Å²) in [6.45, 7) is 5.88. The van der Waals surface area contributed by atoms with Crippen LogP contribution in [0.5, 0.6) is 0 Å². The van der Waals surface area contributed by atoms with Crippen molar-refractivity contribution in [1.29, 1.82) is 0 Å². The second kappa shape index (κ2) is 6.00. The van der Waals surface area contributed by atoms with Crippen molar-refractivity contribution in [1.82, 2.24) is 0 Å². The topological polar surface area (TPSA) is 38.3 Å². The SMILES string of the molecule is COC(=O)C(C)(Nc1cccc(C)c1)c1ccc(C)cc1. The van der Waals surface area contributed by atoms with Crippen LogP contribution in [0.3, 0.4) is 0 Å². The van der Waals surface area contributed by atoms with E-state index in [9.17, 15) is 4.79 Å². The Hall–Kier alpha value is -2.29. The monoisotopic (exact) mass is 283 g/mol. The number of carbonyl (C=O) groups excluding carboxylic acids is 1. The zero-order chi connectivity index (χ0) is 15.5. The zero-order valence-corrected chi connectivity index (χ0v) is 12.9. The molecule has 1 atom stereocenters. The highest BCUT2D eigenvalue weighted by molar-refractivity contribution is 5.85. The van der Waals surface area contributed by atoms with Crippen LogP contribution in [-0.2, 0) is 15.1 Å². The average Bonchev–Trinajstić information content (AvgIpc) is 2.46. The predicted octanol–water partition coefficient (Wildman–Crippen LogP) is 3.80. The van der Waals surface area contributed by atoms with Gasteiger partial charge in [-0.05, 0) is 44.0 Å². The quantitative estimate of drug-likeness (QED) is 0.867. The summed E-state index contributed by atoms with van der Waals surface area (Å²) in [5, 5.41) is 3.31. The molecule has 2 aromatic carbocycles. The molecule has 0 amide bonds. The van der Waals surface area contributed by atoms with Gasteiger partial charge in [-0.25, -0.2) is 4.79 Å². The number of aryl methyl sites for hydroxylation is 2. The molecular formula is C18H21NO2. The highest BCUT2D eigenvalue weighted by Gasteiger charge is 2.36. The molecule has 0 aliphatic heterocycles. The van der Waals surface area contributed by atoms with Gasteiger partial charge in [-0.1, -0.05) is 42.0 Å². The first-order valence-electron chi connectivity index (χ1n) is 6.96. The van der Waals surface area contributed by atoms with E-state index in [2.05, 4.69) is 5.32 Å². The van der Waals surface area contributed by atoms with E-state index in [1.807, 2.05) is 69.3 Å². The average molecular weight is 283 g/mol. The van der Waals surface area contributed by atoms with Crippen molar-refractivity contribution in [2.75, 3.05) is 12.4 Å². The normalized spacial score (nSPS) is 13.3. The molecule has 0 saturated heterocycles. The summed E-state index contributed by atoms with van der Waals surface area (Å²) in [6.07, 6.45) is 0. The van der Waals surface area contributed by atoms with Crippen molar-refractivity contribution < 1.29 is 9.53 Å². The van der Waals surface area contributed by atoms with Crippen LogP contribution in [0, 0.1) is 13.8 Å². The van der Waals surface area contributed by atoms with Crippen molar-refractivity contribution in [3.8, 4) is 0 Å². The molecule has 1 N–H and O–H groups in total. The van der Waals surface area contributed by atoms with Gasteiger partial charge in [-0.15, -0.1) is 0 Å². The number of anilines is 1. The van der Waals surface area contributed by atoms with Crippen LogP contribution in [0.1, 0.15) is 23.6 Å². The Balaban J connectivity index is 2.42. The van der Waals surface area contributed by atoms with Gasteiger partial charge in [-0.3, -0.25) is 0 Å². The van der Waals surface area contributed by atoms with Crippen molar-refractivity contribution in [3.63, 3.8) is 0 Å². The summed E-state index contributed by atoms with van der Waals surface area (Å²) in [6, 6.07) is 15.8. The van der Waals surface area contributed by atoms with Gasteiger partial charge in [0.1, 0.15) is 0 Å². The number of benzene rings is 2. The highest BCUT2D eigenvalue weighted by Crippen LogP contribution is 2.28. The van der Waals surface area contributed by atoms with Crippen LogP contribution in [0.2, 0.25) is 0 Å². The van der Waals surface area contributed by atoms with Gasteiger partial charge in [0.2, 0.25) is 0 Å². The molecule has 0 fully saturated rings. The van der Waals surface area contributed by atoms with Gasteiger partial charge < -0.3 is 10.1 Å². The van der Waals surface area contributed by atoms with E-state index in [0.29, 0.717) is 0 Å². The Labute approximate surface area is 126 Å². The van der Waals surface area contributed by atoms with E-state index in [1.54, 1.807) is 0 Å². The Morgan fingerprint density at radius 2 is 1.71 bits per heavy atom. The molecule has 1 unspecified atom stereocenters. The fourth-order valence-electron chi connectivity index (χ4n) is 2.34. The lowest BCUT2D eigenvalue weighted by molar-refractivity contribution is -0.145. The molecule has 0 heterocycles. The lowest BCUT2D eigenvalue weighted by Gasteiger charge is -2.30. The zero-order valence-electron chi connectivity index (χ0n) is 12.9. The number of nitrogens with one attached hydrogen (secondary N) is 1. The van der Waals surface area contributed by atoms with Gasteiger partial charge in [0.25, 0.3) is 0 Å². The van der Waals surface area contributed by atoms with Crippen LogP contribution in [0.15, 0.2) is 48.5 Å². The Morgan fingerprint density at radius 1 is 1.05 bits per heavy atom. The summed E-state index contributed by atoms with van der Waals surface area (Å²) < 4.78 is 5.00. The third-order valence-electron chi connectivity index (χ3n) is 3.63. The molecule has 0 bridgehead atoms. The third kappa shape index (κ3) is 3.24. The fraction of sp³-hybridized carbons (Fsp3) is 0.278. The maximum atomic E-state index is 12.3. The van der Waals surface area contributed by atoms with E-state index in [1.165, 1.54) is 7.11 Å². The van der Waals surface area contributed by atoms with Gasteiger partial charge in [0.05, 0.1) is 7.11 Å². The maximum absolute atomic E-state index is 12.3. The summed E-state index contributed by atoms with van der Waals surface area (Å²) in [4.78, 5) is 12.3. The fourth-order valence-corrected chi connectivity index (χ4v) is 2.34. The summed E-state index contributed by atoms with van der Waals surface area (Å²) in [5.41, 5.74) is 3.14. The maximum Gasteiger partial charge on any atom is 0.335 e. The van der Waals surface area contributed by atoms with E-state index in [0.717, 1.165) is 22.4 Å². The number of carbonyl (C=O) groups is 1. The van der Waals surface area contributed by atoms with Crippen LogP contribution < -0.4 is 5.32 Å². The van der Waals surface area contributed by atoms with Gasteiger partial charge in [0, 0.05) is 5.69 Å². The van der Waals surface area contributed by atoms with Crippen LogP contribution in [-0.4, -0.2) is 13.1 Å². The van der Waals surface area contributed by atoms with E-state index in [-0.39, 0.29) is 5.97 Å². The van der Waals surface area contributed by atoms with Crippen LogP contribution in [0.25, 0.3) is 0 Å². The van der Waals surface area contributed by atoms with Crippen molar-refractivity contribution in [2.45, 2.75) is 26.3 Å². The first-order valence-corrected chi connectivity index (χ1v) is 6.96. The standard InChI is InChI=1S/C18H21NO2/c1-13-8-10-15(11-9-13)18(3,17(20)21-4)19-16-7-5-6-14(2)12-16/h5-12,19H,1-4H3. The van der Waals surface area contributed by atoms with E-state index in [4.69, 9.17) is 4.74 Å². The smallest absolute Gasteiger partial charge is 0.335 e. The number of methoxy groups -OCH3 is 1. The van der Waals surface area contributed by atoms with Crippen LogP contribution >= 0.6 is 0 Å². The van der Waals surface area contributed by atoms with Crippen molar-refractivity contribution in [2.24, 2.45) is 0 Å². The Bertz CT molecular complexity index is 634. The van der Waals surface area contributed by atoms with Gasteiger partial charge in [-0.2, -0.15) is 0 Å². The number of hydrogen-bond donors (Lipinski definition) is 1.